The highest BCUT2D eigenvalue weighted by Crippen LogP contribution is 2.49. The molecule has 0 spiro atoms. The van der Waals surface area contributed by atoms with E-state index in [1.165, 1.54) is 12.1 Å². The Balaban J connectivity index is 2.88. The van der Waals surface area contributed by atoms with E-state index in [0.717, 1.165) is 56.9 Å². The minimum atomic E-state index is -4.06. The third-order valence-corrected chi connectivity index (χ3v) is 7.64. The molecule has 1 N–H and O–H groups in total. The molecule has 0 fully saturated rings. The van der Waals surface area contributed by atoms with E-state index in [4.69, 9.17) is 9.05 Å². The van der Waals surface area contributed by atoms with Gasteiger partial charge in [-0.1, -0.05) is 74.2 Å². The highest BCUT2D eigenvalue weighted by atomic mass is 32.2. The lowest BCUT2D eigenvalue weighted by Crippen LogP contribution is -2.04. The van der Waals surface area contributed by atoms with Crippen molar-refractivity contribution in [3.05, 3.63) is 29.8 Å². The Bertz CT molecular complexity index is 671. The third-order valence-electron chi connectivity index (χ3n) is 4.04. The largest absolute Gasteiger partial charge is 0.368 e. The van der Waals surface area contributed by atoms with Crippen molar-refractivity contribution < 1.29 is 22.4 Å². The summed E-state index contributed by atoms with van der Waals surface area (Å²) in [6, 6.07) is 6.33. The molecule has 6 nitrogen and oxygen atoms in total. The van der Waals surface area contributed by atoms with Crippen LogP contribution in [-0.2, 0) is 19.1 Å². The molecule has 0 aliphatic heterocycles. The predicted octanol–water partition coefficient (Wildman–Crippen LogP) is 5.82. The highest BCUT2D eigenvalue weighted by Gasteiger charge is 2.25. The van der Waals surface area contributed by atoms with Crippen LogP contribution in [0.4, 0.5) is 0 Å². The van der Waals surface area contributed by atoms with Crippen molar-refractivity contribution in [2.75, 3.05) is 13.2 Å². The lowest BCUT2D eigenvalue weighted by Gasteiger charge is -2.18. The van der Waals surface area contributed by atoms with Crippen molar-refractivity contribution >= 4 is 17.8 Å². The van der Waals surface area contributed by atoms with E-state index in [9.17, 15) is 13.3 Å². The summed E-state index contributed by atoms with van der Waals surface area (Å²) < 4.78 is 39.7. The van der Waals surface area contributed by atoms with E-state index in [1.807, 2.05) is 6.92 Å². The summed E-state index contributed by atoms with van der Waals surface area (Å²) in [5.74, 6) is 0. The van der Waals surface area contributed by atoms with Gasteiger partial charge in [0.2, 0.25) is 0 Å². The first kappa shape index (κ1) is 24.3. The Labute approximate surface area is 164 Å². The fourth-order valence-corrected chi connectivity index (χ4v) is 5.53. The second-order valence-corrected chi connectivity index (χ2v) is 10.2. The molecule has 0 amide bonds. The molecule has 0 saturated heterocycles. The van der Waals surface area contributed by atoms with Gasteiger partial charge in [0.15, 0.2) is 0 Å². The number of aryl methyl sites for hydroxylation is 1. The summed E-state index contributed by atoms with van der Waals surface area (Å²) in [6.07, 6.45) is 7.67. The number of hydrogen-bond donors (Lipinski definition) is 1. The lowest BCUT2D eigenvalue weighted by atomic mass is 10.2. The number of unbranched alkanes of at least 4 members (excludes halogenated alkanes) is 6. The zero-order chi connectivity index (χ0) is 20.2. The maximum Gasteiger partial charge on any atom is 0.368 e. The number of rotatable bonds is 14. The second-order valence-electron chi connectivity index (χ2n) is 6.65. The van der Waals surface area contributed by atoms with Gasteiger partial charge in [-0.05, 0) is 31.9 Å². The predicted molar refractivity (Wildman–Crippen MR) is 110 cm³/mol. The molecule has 0 aromatic heterocycles. The molecule has 0 heterocycles. The molecule has 0 aliphatic rings. The molecule has 1 aromatic carbocycles. The Hall–Kier alpha value is -0.720. The molecule has 0 atom stereocenters. The number of benzene rings is 1. The molecule has 27 heavy (non-hydrogen) atoms. The van der Waals surface area contributed by atoms with Crippen molar-refractivity contribution in [2.24, 2.45) is 4.15 Å². The van der Waals surface area contributed by atoms with E-state index in [0.29, 0.717) is 0 Å². The standard InChI is InChI=1S/C19H34NO5PS/c1-4-6-8-10-16-24-26(21,25-17-11-9-7-5-2)20-27(22,23)19-14-12-18(3)13-15-19/h12-15,21H,4-11,16-17H2,1-3H3. The first-order valence-electron chi connectivity index (χ1n) is 9.80. The monoisotopic (exact) mass is 419 g/mol. The molecular weight excluding hydrogens is 385 g/mol. The molecular formula is C19H34NO5PS. The summed E-state index contributed by atoms with van der Waals surface area (Å²) >= 11 is 0. The fourth-order valence-electron chi connectivity index (χ4n) is 2.40. The van der Waals surface area contributed by atoms with Gasteiger partial charge in [-0.3, -0.25) is 0 Å². The van der Waals surface area contributed by atoms with Gasteiger partial charge in [-0.25, -0.2) is 0 Å². The van der Waals surface area contributed by atoms with Gasteiger partial charge in [0.25, 0.3) is 10.0 Å². The topological polar surface area (TPSA) is 85.2 Å². The Morgan fingerprint density at radius 1 is 0.889 bits per heavy atom. The van der Waals surface area contributed by atoms with Gasteiger partial charge >= 0.3 is 7.74 Å². The maximum atomic E-state index is 12.6. The average Bonchev–Trinajstić information content (AvgIpc) is 2.61. The van der Waals surface area contributed by atoms with Crippen LogP contribution in [0.25, 0.3) is 0 Å². The molecule has 0 aliphatic carbocycles. The van der Waals surface area contributed by atoms with E-state index in [2.05, 4.69) is 18.0 Å². The molecule has 0 saturated carbocycles. The quantitative estimate of drug-likeness (QED) is 0.303. The summed E-state index contributed by atoms with van der Waals surface area (Å²) in [5, 5.41) is 0. The minimum Gasteiger partial charge on any atom is -0.318 e. The van der Waals surface area contributed by atoms with Crippen molar-refractivity contribution in [2.45, 2.75) is 77.0 Å². The third kappa shape index (κ3) is 9.86. The molecule has 156 valence electrons. The number of sulfonamides is 1. The lowest BCUT2D eigenvalue weighted by molar-refractivity contribution is 0.182. The van der Waals surface area contributed by atoms with Gasteiger partial charge in [0.05, 0.1) is 18.1 Å². The summed E-state index contributed by atoms with van der Waals surface area (Å²) in [5.41, 5.74) is 0.943. The molecule has 1 aromatic rings. The van der Waals surface area contributed by atoms with E-state index < -0.39 is 17.8 Å². The Kier molecular flexibility index (Phi) is 11.4. The van der Waals surface area contributed by atoms with E-state index in [1.54, 1.807) is 12.1 Å². The van der Waals surface area contributed by atoms with Crippen molar-refractivity contribution in [3.8, 4) is 0 Å². The zero-order valence-corrected chi connectivity index (χ0v) is 18.5. The van der Waals surface area contributed by atoms with Crippen LogP contribution >= 0.6 is 7.74 Å². The summed E-state index contributed by atoms with van der Waals surface area (Å²) in [7, 11) is -7.88. The van der Waals surface area contributed by atoms with Crippen LogP contribution in [-0.4, -0.2) is 26.5 Å². The van der Waals surface area contributed by atoms with Gasteiger partial charge in [-0.2, -0.15) is 8.42 Å². The highest BCUT2D eigenvalue weighted by molar-refractivity contribution is 7.93. The molecule has 0 bridgehead atoms. The number of hydrogen-bond acceptors (Lipinski definition) is 4. The van der Waals surface area contributed by atoms with E-state index in [-0.39, 0.29) is 18.1 Å². The van der Waals surface area contributed by atoms with Gasteiger partial charge in [-0.15, -0.1) is 0 Å². The smallest absolute Gasteiger partial charge is 0.318 e. The molecule has 1 rings (SSSR count). The molecule has 0 radical (unpaired) electrons. The van der Waals surface area contributed by atoms with Crippen LogP contribution in [0.2, 0.25) is 0 Å². The van der Waals surface area contributed by atoms with Crippen molar-refractivity contribution in [3.63, 3.8) is 0 Å². The Morgan fingerprint density at radius 3 is 1.81 bits per heavy atom. The first-order chi connectivity index (χ1) is 12.8. The molecule has 0 unspecified atom stereocenters. The fraction of sp³-hybridized carbons (Fsp3) is 0.684. The van der Waals surface area contributed by atoms with Crippen LogP contribution in [0.1, 0.15) is 70.8 Å². The Morgan fingerprint density at radius 2 is 1.37 bits per heavy atom. The average molecular weight is 420 g/mol. The van der Waals surface area contributed by atoms with Crippen LogP contribution in [0.5, 0.6) is 0 Å². The van der Waals surface area contributed by atoms with Gasteiger partial charge < -0.3 is 13.9 Å². The first-order valence-corrected chi connectivity index (χ1v) is 12.8. The normalized spacial score (nSPS) is 12.3. The molecule has 8 heteroatoms. The van der Waals surface area contributed by atoms with Gasteiger partial charge in [0, 0.05) is 0 Å². The van der Waals surface area contributed by atoms with Crippen LogP contribution in [0.15, 0.2) is 33.3 Å². The minimum absolute atomic E-state index is 0.0238. The van der Waals surface area contributed by atoms with Gasteiger partial charge in [0.1, 0.15) is 0 Å². The van der Waals surface area contributed by atoms with Crippen molar-refractivity contribution in [1.82, 2.24) is 0 Å². The SMILES string of the molecule is CCCCCCOP(O)(=NS(=O)(=O)c1ccc(C)cc1)OCCCCCC. The van der Waals surface area contributed by atoms with Crippen LogP contribution < -0.4 is 0 Å². The number of nitrogens with zero attached hydrogens (tertiary/aromatic N) is 1. The second kappa shape index (κ2) is 12.7. The van der Waals surface area contributed by atoms with Crippen molar-refractivity contribution in [1.29, 1.82) is 0 Å². The van der Waals surface area contributed by atoms with E-state index >= 15 is 0 Å². The van der Waals surface area contributed by atoms with Crippen LogP contribution in [0.3, 0.4) is 0 Å². The zero-order valence-electron chi connectivity index (χ0n) is 16.8. The summed E-state index contributed by atoms with van der Waals surface area (Å²) in [6.45, 7) is 6.54. The summed E-state index contributed by atoms with van der Waals surface area (Å²) in [4.78, 5) is 10.7. The van der Waals surface area contributed by atoms with Crippen LogP contribution in [0, 0.1) is 6.92 Å². The maximum absolute atomic E-state index is 12.6.